The molecule has 0 saturated carbocycles. The Hall–Kier alpha value is -1.41. The molecule has 0 heterocycles. The highest BCUT2D eigenvalue weighted by molar-refractivity contribution is 7.98. The van der Waals surface area contributed by atoms with Crippen LogP contribution in [0.4, 0.5) is 0 Å². The summed E-state index contributed by atoms with van der Waals surface area (Å²) in [6.07, 6.45) is 0. The first-order valence-corrected chi connectivity index (χ1v) is 7.59. The van der Waals surface area contributed by atoms with E-state index in [0.29, 0.717) is 0 Å². The van der Waals surface area contributed by atoms with Gasteiger partial charge in [0.2, 0.25) is 0 Å². The molecule has 0 unspecified atom stereocenters. The third-order valence-corrected chi connectivity index (χ3v) is 3.89. The summed E-state index contributed by atoms with van der Waals surface area (Å²) in [7, 11) is 1.69. The molecule has 0 aliphatic rings. The van der Waals surface area contributed by atoms with Crippen molar-refractivity contribution in [1.29, 1.82) is 0 Å². The Morgan fingerprint density at radius 2 is 1.58 bits per heavy atom. The molecule has 0 amide bonds. The number of aryl methyl sites for hydroxylation is 1. The molecule has 0 bridgehead atoms. The third-order valence-electron chi connectivity index (χ3n) is 2.65. The normalized spacial score (nSPS) is 9.47. The second kappa shape index (κ2) is 8.65. The highest BCUT2D eigenvalue weighted by atomic mass is 32.2. The highest BCUT2D eigenvalue weighted by Gasteiger charge is 1.99. The van der Waals surface area contributed by atoms with Gasteiger partial charge in [-0.2, -0.15) is 0 Å². The summed E-state index contributed by atoms with van der Waals surface area (Å²) >= 11 is 1.87. The average Bonchev–Trinajstić information content (AvgIpc) is 2.49. The van der Waals surface area contributed by atoms with Gasteiger partial charge in [0.15, 0.2) is 0 Å². The Bertz CT molecular complexity index is 477. The maximum Gasteiger partial charge on any atom is 0.118 e. The summed E-state index contributed by atoms with van der Waals surface area (Å²) in [5.41, 5.74) is 2.66. The van der Waals surface area contributed by atoms with Crippen LogP contribution in [0, 0.1) is 6.92 Å². The van der Waals surface area contributed by atoms with Crippen molar-refractivity contribution in [3.05, 3.63) is 59.7 Å². The molecule has 2 aromatic rings. The van der Waals surface area contributed by atoms with E-state index in [9.17, 15) is 0 Å². The predicted molar refractivity (Wildman–Crippen MR) is 85.1 cm³/mol. The lowest BCUT2D eigenvalue weighted by atomic mass is 10.2. The molecule has 0 atom stereocenters. The Labute approximate surface area is 121 Å². The Balaban J connectivity index is 0.000000861. The fourth-order valence-electron chi connectivity index (χ4n) is 1.60. The topological polar surface area (TPSA) is 9.23 Å². The van der Waals surface area contributed by atoms with Gasteiger partial charge in [-0.15, -0.1) is 11.8 Å². The van der Waals surface area contributed by atoms with Gasteiger partial charge in [0.05, 0.1) is 7.11 Å². The Morgan fingerprint density at radius 1 is 0.947 bits per heavy atom. The molecule has 0 radical (unpaired) electrons. The quantitative estimate of drug-likeness (QED) is 0.698. The fraction of sp³-hybridized carbons (Fsp3) is 0.294. The fourth-order valence-corrected chi connectivity index (χ4v) is 2.59. The summed E-state index contributed by atoms with van der Waals surface area (Å²) in [6.45, 7) is 6.15. The van der Waals surface area contributed by atoms with Crippen LogP contribution in [0.5, 0.6) is 5.75 Å². The van der Waals surface area contributed by atoms with Crippen LogP contribution >= 0.6 is 11.8 Å². The number of ether oxygens (including phenoxy) is 1. The molecule has 0 N–H and O–H groups in total. The lowest BCUT2D eigenvalue weighted by Crippen LogP contribution is -1.85. The van der Waals surface area contributed by atoms with Crippen LogP contribution in [0.3, 0.4) is 0 Å². The van der Waals surface area contributed by atoms with Gasteiger partial charge in [-0.05, 0) is 36.2 Å². The van der Waals surface area contributed by atoms with Gasteiger partial charge in [0.1, 0.15) is 5.75 Å². The minimum Gasteiger partial charge on any atom is -0.497 e. The van der Waals surface area contributed by atoms with Gasteiger partial charge in [0.25, 0.3) is 0 Å². The van der Waals surface area contributed by atoms with Crippen molar-refractivity contribution in [3.8, 4) is 5.75 Å². The van der Waals surface area contributed by atoms with Crippen molar-refractivity contribution in [2.24, 2.45) is 0 Å². The molecular formula is C17H22OS. The molecule has 102 valence electrons. The first kappa shape index (κ1) is 15.6. The average molecular weight is 274 g/mol. The molecule has 2 aromatic carbocycles. The van der Waals surface area contributed by atoms with E-state index < -0.39 is 0 Å². The van der Waals surface area contributed by atoms with E-state index in [1.54, 1.807) is 7.11 Å². The van der Waals surface area contributed by atoms with Crippen LogP contribution < -0.4 is 4.74 Å². The largest absolute Gasteiger partial charge is 0.497 e. The van der Waals surface area contributed by atoms with E-state index in [0.717, 1.165) is 11.5 Å². The van der Waals surface area contributed by atoms with Crippen molar-refractivity contribution in [2.45, 2.75) is 31.4 Å². The van der Waals surface area contributed by atoms with Crippen LogP contribution in [0.1, 0.15) is 25.0 Å². The third kappa shape index (κ3) is 4.99. The number of rotatable bonds is 4. The van der Waals surface area contributed by atoms with E-state index in [1.807, 2.05) is 37.7 Å². The smallest absolute Gasteiger partial charge is 0.118 e. The van der Waals surface area contributed by atoms with Gasteiger partial charge in [-0.1, -0.05) is 44.2 Å². The molecule has 2 rings (SSSR count). The number of hydrogen-bond acceptors (Lipinski definition) is 2. The summed E-state index contributed by atoms with van der Waals surface area (Å²) in [5, 5.41) is 0. The standard InChI is InChI=1S/C15H16OS.C2H6/c1-12-5-3-4-6-15(12)17-11-13-7-9-14(16-2)10-8-13;1-2/h3-10H,11H2,1-2H3;1-2H3. The predicted octanol–water partition coefficient (Wildman–Crippen LogP) is 5.32. The van der Waals surface area contributed by atoms with Crippen molar-refractivity contribution in [2.75, 3.05) is 7.11 Å². The highest BCUT2D eigenvalue weighted by Crippen LogP contribution is 2.26. The number of methoxy groups -OCH3 is 1. The van der Waals surface area contributed by atoms with Crippen LogP contribution in [-0.4, -0.2) is 7.11 Å². The van der Waals surface area contributed by atoms with E-state index in [2.05, 4.69) is 43.3 Å². The second-order valence-electron chi connectivity index (χ2n) is 3.90. The zero-order valence-electron chi connectivity index (χ0n) is 12.1. The lowest BCUT2D eigenvalue weighted by molar-refractivity contribution is 0.414. The molecule has 0 aromatic heterocycles. The van der Waals surface area contributed by atoms with E-state index >= 15 is 0 Å². The van der Waals surface area contributed by atoms with Crippen LogP contribution in [0.2, 0.25) is 0 Å². The summed E-state index contributed by atoms with van der Waals surface area (Å²) in [4.78, 5) is 1.35. The maximum atomic E-state index is 5.14. The number of hydrogen-bond donors (Lipinski definition) is 0. The Kier molecular flexibility index (Phi) is 7.12. The van der Waals surface area contributed by atoms with Crippen molar-refractivity contribution >= 4 is 11.8 Å². The van der Waals surface area contributed by atoms with Crippen LogP contribution in [0.25, 0.3) is 0 Å². The molecular weight excluding hydrogens is 252 g/mol. The van der Waals surface area contributed by atoms with Gasteiger partial charge in [-0.3, -0.25) is 0 Å². The monoisotopic (exact) mass is 274 g/mol. The first-order valence-electron chi connectivity index (χ1n) is 6.61. The molecule has 0 fully saturated rings. The summed E-state index contributed by atoms with van der Waals surface area (Å²) in [5.74, 6) is 1.91. The van der Waals surface area contributed by atoms with Gasteiger partial charge in [-0.25, -0.2) is 0 Å². The minimum absolute atomic E-state index is 0.912. The van der Waals surface area contributed by atoms with Crippen LogP contribution in [0.15, 0.2) is 53.4 Å². The molecule has 2 heteroatoms. The minimum atomic E-state index is 0.912. The Morgan fingerprint density at radius 3 is 2.16 bits per heavy atom. The molecule has 19 heavy (non-hydrogen) atoms. The molecule has 1 nitrogen and oxygen atoms in total. The van der Waals surface area contributed by atoms with Crippen molar-refractivity contribution in [3.63, 3.8) is 0 Å². The van der Waals surface area contributed by atoms with Crippen molar-refractivity contribution < 1.29 is 4.74 Å². The van der Waals surface area contributed by atoms with E-state index in [1.165, 1.54) is 16.0 Å². The zero-order valence-corrected chi connectivity index (χ0v) is 13.0. The lowest BCUT2D eigenvalue weighted by Gasteiger charge is -2.06. The van der Waals surface area contributed by atoms with E-state index in [4.69, 9.17) is 4.74 Å². The summed E-state index contributed by atoms with van der Waals surface area (Å²) in [6, 6.07) is 16.7. The molecule has 0 aliphatic carbocycles. The summed E-state index contributed by atoms with van der Waals surface area (Å²) < 4.78 is 5.14. The van der Waals surface area contributed by atoms with Gasteiger partial charge in [0, 0.05) is 10.6 Å². The maximum absolute atomic E-state index is 5.14. The zero-order chi connectivity index (χ0) is 14.1. The second-order valence-corrected chi connectivity index (χ2v) is 4.92. The number of thioether (sulfide) groups is 1. The molecule has 0 saturated heterocycles. The number of benzene rings is 2. The van der Waals surface area contributed by atoms with E-state index in [-0.39, 0.29) is 0 Å². The molecule has 0 aliphatic heterocycles. The van der Waals surface area contributed by atoms with Gasteiger partial charge >= 0.3 is 0 Å². The molecule has 0 spiro atoms. The SMILES string of the molecule is CC.COc1ccc(CSc2ccccc2C)cc1. The van der Waals surface area contributed by atoms with Crippen molar-refractivity contribution in [1.82, 2.24) is 0 Å². The first-order chi connectivity index (χ1) is 9.29. The van der Waals surface area contributed by atoms with Gasteiger partial charge < -0.3 is 4.74 Å². The van der Waals surface area contributed by atoms with Crippen LogP contribution in [-0.2, 0) is 5.75 Å².